The Labute approximate surface area is 158 Å². The maximum Gasteiger partial charge on any atom is 0.219 e. The molecule has 0 saturated carbocycles. The summed E-state index contributed by atoms with van der Waals surface area (Å²) in [6.07, 6.45) is 1.35. The van der Waals surface area contributed by atoms with Gasteiger partial charge in [-0.1, -0.05) is 24.3 Å². The van der Waals surface area contributed by atoms with Crippen molar-refractivity contribution in [3.8, 4) is 16.9 Å². The fourth-order valence-electron chi connectivity index (χ4n) is 3.74. The molecule has 5 nitrogen and oxygen atoms in total. The molecule has 27 heavy (non-hydrogen) atoms. The average molecular weight is 365 g/mol. The Bertz CT molecular complexity index is 897. The number of hydrogen-bond donors (Lipinski definition) is 0. The molecule has 0 radical (unpaired) electrons. The van der Waals surface area contributed by atoms with Crippen LogP contribution in [0.1, 0.15) is 42.6 Å². The number of nitrogens with zero attached hydrogens (tertiary/aromatic N) is 1. The Balaban J connectivity index is 1.55. The lowest BCUT2D eigenvalue weighted by Crippen LogP contribution is -2.52. The first kappa shape index (κ1) is 17.7. The molecule has 2 aliphatic rings. The summed E-state index contributed by atoms with van der Waals surface area (Å²) >= 11 is 0. The van der Waals surface area contributed by atoms with E-state index in [2.05, 4.69) is 6.07 Å². The van der Waals surface area contributed by atoms with E-state index in [1.807, 2.05) is 41.3 Å². The largest absolute Gasteiger partial charge is 0.462 e. The van der Waals surface area contributed by atoms with Crippen LogP contribution in [-0.2, 0) is 16.1 Å². The summed E-state index contributed by atoms with van der Waals surface area (Å²) in [7, 11) is 0. The Morgan fingerprint density at radius 1 is 1.00 bits per heavy atom. The molecule has 5 heteroatoms. The summed E-state index contributed by atoms with van der Waals surface area (Å²) in [5, 5.41) is 0. The molecule has 4 rings (SSSR count). The quantitative estimate of drug-likeness (QED) is 0.760. The van der Waals surface area contributed by atoms with Crippen LogP contribution < -0.4 is 4.74 Å². The third kappa shape index (κ3) is 3.47. The van der Waals surface area contributed by atoms with Gasteiger partial charge in [-0.05, 0) is 36.2 Å². The second kappa shape index (κ2) is 6.82. The van der Waals surface area contributed by atoms with Gasteiger partial charge in [0.15, 0.2) is 5.78 Å². The van der Waals surface area contributed by atoms with E-state index in [-0.39, 0.29) is 11.7 Å². The minimum Gasteiger partial charge on any atom is -0.462 e. The van der Waals surface area contributed by atoms with Gasteiger partial charge >= 0.3 is 0 Å². The number of Topliss-reactive ketones (excluding diaryl/α,β-unsaturated/α-hetero) is 1. The average Bonchev–Trinajstić information content (AvgIpc) is 2.68. The van der Waals surface area contributed by atoms with Gasteiger partial charge in [0.1, 0.15) is 5.75 Å². The Morgan fingerprint density at radius 3 is 2.44 bits per heavy atom. The van der Waals surface area contributed by atoms with Crippen molar-refractivity contribution in [2.45, 2.75) is 39.1 Å². The second-order valence-electron chi connectivity index (χ2n) is 7.27. The molecule has 1 spiro atoms. The van der Waals surface area contributed by atoms with Gasteiger partial charge in [0.2, 0.25) is 11.7 Å². The predicted octanol–water partition coefficient (Wildman–Crippen LogP) is 3.80. The molecular weight excluding hydrogens is 342 g/mol. The van der Waals surface area contributed by atoms with Crippen LogP contribution in [0, 0.1) is 0 Å². The van der Waals surface area contributed by atoms with E-state index in [1.165, 1.54) is 0 Å². The lowest BCUT2D eigenvalue weighted by atomic mass is 9.98. The third-order valence-electron chi connectivity index (χ3n) is 5.42. The van der Waals surface area contributed by atoms with E-state index >= 15 is 0 Å². The Kier molecular flexibility index (Phi) is 4.48. The number of piperidine rings is 1. The molecule has 2 aromatic carbocycles. The van der Waals surface area contributed by atoms with Gasteiger partial charge in [-0.3, -0.25) is 9.59 Å². The Morgan fingerprint density at radius 2 is 1.74 bits per heavy atom. The molecule has 140 valence electrons. The zero-order valence-corrected chi connectivity index (χ0v) is 15.7. The van der Waals surface area contributed by atoms with Crippen LogP contribution in [-0.4, -0.2) is 35.5 Å². The first-order valence-electron chi connectivity index (χ1n) is 9.29. The van der Waals surface area contributed by atoms with E-state index in [0.29, 0.717) is 38.1 Å². The van der Waals surface area contributed by atoms with Crippen LogP contribution in [0.4, 0.5) is 0 Å². The number of fused-ring (bicyclic) bond motifs is 1. The highest BCUT2D eigenvalue weighted by Gasteiger charge is 2.41. The molecule has 2 heterocycles. The van der Waals surface area contributed by atoms with Gasteiger partial charge in [-0.25, -0.2) is 0 Å². The van der Waals surface area contributed by atoms with Crippen molar-refractivity contribution in [2.75, 3.05) is 13.1 Å². The van der Waals surface area contributed by atoms with Crippen molar-refractivity contribution < 1.29 is 19.1 Å². The van der Waals surface area contributed by atoms with Crippen LogP contribution in [0.3, 0.4) is 0 Å². The van der Waals surface area contributed by atoms with E-state index < -0.39 is 5.79 Å². The number of amides is 1. The van der Waals surface area contributed by atoms with Crippen LogP contribution in [0.2, 0.25) is 0 Å². The highest BCUT2D eigenvalue weighted by atomic mass is 16.7. The molecule has 0 atom stereocenters. The maximum atomic E-state index is 11.6. The monoisotopic (exact) mass is 365 g/mol. The summed E-state index contributed by atoms with van der Waals surface area (Å²) in [4.78, 5) is 25.0. The molecule has 2 aliphatic heterocycles. The van der Waals surface area contributed by atoms with Crippen LogP contribution in [0.15, 0.2) is 42.5 Å². The van der Waals surface area contributed by atoms with Crippen LogP contribution >= 0.6 is 0 Å². The van der Waals surface area contributed by atoms with Gasteiger partial charge in [-0.2, -0.15) is 0 Å². The normalized spacial score (nSPS) is 17.9. The standard InChI is InChI=1S/C22H23NO4/c1-15(24)17-4-3-5-18(12-17)19-6-7-21-20(13-19)14-26-22(27-21)8-10-23(11-9-22)16(2)25/h3-7,12-13H,8-11,14H2,1-2H3. The topological polar surface area (TPSA) is 55.8 Å². The lowest BCUT2D eigenvalue weighted by Gasteiger charge is -2.43. The fourth-order valence-corrected chi connectivity index (χ4v) is 3.74. The van der Waals surface area contributed by atoms with Crippen molar-refractivity contribution >= 4 is 11.7 Å². The third-order valence-corrected chi connectivity index (χ3v) is 5.42. The summed E-state index contributed by atoms with van der Waals surface area (Å²) < 4.78 is 12.3. The molecule has 0 aliphatic carbocycles. The first-order valence-corrected chi connectivity index (χ1v) is 9.29. The molecular formula is C22H23NO4. The Hall–Kier alpha value is -2.66. The molecule has 2 aromatic rings. The number of ketones is 1. The molecule has 0 N–H and O–H groups in total. The van der Waals surface area contributed by atoms with Crippen LogP contribution in [0.5, 0.6) is 5.75 Å². The summed E-state index contributed by atoms with van der Waals surface area (Å²) in [6, 6.07) is 13.7. The SMILES string of the molecule is CC(=O)c1cccc(-c2ccc3c(c2)COC2(CCN(C(C)=O)CC2)O3)c1. The smallest absolute Gasteiger partial charge is 0.219 e. The van der Waals surface area contributed by atoms with Crippen molar-refractivity contribution in [1.29, 1.82) is 0 Å². The summed E-state index contributed by atoms with van der Waals surface area (Å²) in [5.41, 5.74) is 3.74. The predicted molar refractivity (Wildman–Crippen MR) is 102 cm³/mol. The van der Waals surface area contributed by atoms with Gasteiger partial charge in [0.25, 0.3) is 0 Å². The number of carbonyl (C=O) groups is 2. The minimum atomic E-state index is -0.630. The number of hydrogen-bond acceptors (Lipinski definition) is 4. The molecule has 0 unspecified atom stereocenters. The maximum absolute atomic E-state index is 11.6. The number of ether oxygens (including phenoxy) is 2. The number of rotatable bonds is 2. The number of carbonyl (C=O) groups excluding carboxylic acids is 2. The number of likely N-dealkylation sites (tertiary alicyclic amines) is 1. The summed E-state index contributed by atoms with van der Waals surface area (Å²) in [5.74, 6) is 0.359. The zero-order valence-electron chi connectivity index (χ0n) is 15.7. The van der Waals surface area contributed by atoms with Crippen molar-refractivity contribution in [3.63, 3.8) is 0 Å². The summed E-state index contributed by atoms with van der Waals surface area (Å²) in [6.45, 7) is 4.96. The molecule has 0 aromatic heterocycles. The van der Waals surface area contributed by atoms with Gasteiger partial charge in [0, 0.05) is 44.0 Å². The highest BCUT2D eigenvalue weighted by Crippen LogP contribution is 2.39. The van der Waals surface area contributed by atoms with Gasteiger partial charge in [0.05, 0.1) is 6.61 Å². The molecule has 1 saturated heterocycles. The number of benzene rings is 2. The van der Waals surface area contributed by atoms with Crippen molar-refractivity contribution in [1.82, 2.24) is 4.90 Å². The van der Waals surface area contributed by atoms with E-state index in [9.17, 15) is 9.59 Å². The van der Waals surface area contributed by atoms with Gasteiger partial charge in [-0.15, -0.1) is 0 Å². The first-order chi connectivity index (χ1) is 13.0. The van der Waals surface area contributed by atoms with Gasteiger partial charge < -0.3 is 14.4 Å². The molecule has 1 amide bonds. The fraction of sp³-hybridized carbons (Fsp3) is 0.364. The zero-order chi connectivity index (χ0) is 19.0. The lowest BCUT2D eigenvalue weighted by molar-refractivity contribution is -0.227. The highest BCUT2D eigenvalue weighted by molar-refractivity contribution is 5.95. The van der Waals surface area contributed by atoms with Crippen molar-refractivity contribution in [2.24, 2.45) is 0 Å². The minimum absolute atomic E-state index is 0.0559. The van der Waals surface area contributed by atoms with Crippen molar-refractivity contribution in [3.05, 3.63) is 53.6 Å². The van der Waals surface area contributed by atoms with Crippen LogP contribution in [0.25, 0.3) is 11.1 Å². The second-order valence-corrected chi connectivity index (χ2v) is 7.27. The molecule has 0 bridgehead atoms. The molecule has 1 fully saturated rings. The van der Waals surface area contributed by atoms with E-state index in [1.54, 1.807) is 13.8 Å². The van der Waals surface area contributed by atoms with E-state index in [0.717, 1.165) is 22.4 Å². The van der Waals surface area contributed by atoms with E-state index in [4.69, 9.17) is 9.47 Å².